The summed E-state index contributed by atoms with van der Waals surface area (Å²) in [5, 5.41) is 8.69. The first kappa shape index (κ1) is 25.7. The predicted octanol–water partition coefficient (Wildman–Crippen LogP) is 5.81. The summed E-state index contributed by atoms with van der Waals surface area (Å²) >= 11 is 0. The van der Waals surface area contributed by atoms with E-state index in [9.17, 15) is 14.4 Å². The van der Waals surface area contributed by atoms with Gasteiger partial charge in [0.05, 0.1) is 0 Å². The highest BCUT2D eigenvalue weighted by Crippen LogP contribution is 2.28. The maximum Gasteiger partial charge on any atom is 0.230 e. The van der Waals surface area contributed by atoms with Crippen LogP contribution in [-0.4, -0.2) is 17.7 Å². The molecule has 3 N–H and O–H groups in total. The molecule has 6 heteroatoms. The summed E-state index contributed by atoms with van der Waals surface area (Å²) in [7, 11) is 0. The molecule has 30 heavy (non-hydrogen) atoms. The fourth-order valence-corrected chi connectivity index (χ4v) is 2.68. The Morgan fingerprint density at radius 2 is 1.00 bits per heavy atom. The monoisotopic (exact) mass is 417 g/mol. The average Bonchev–Trinajstić information content (AvgIpc) is 2.50. The van der Waals surface area contributed by atoms with E-state index in [0.717, 1.165) is 0 Å². The van der Waals surface area contributed by atoms with Crippen molar-refractivity contribution in [3.63, 3.8) is 0 Å². The molecule has 0 aliphatic rings. The number of benzene rings is 1. The van der Waals surface area contributed by atoms with Crippen molar-refractivity contribution in [2.24, 2.45) is 16.2 Å². The standard InChI is InChI=1S/C24H39N3O3/c1-10-24(8,9)21(30)27-18-12-16(25-19(28)14-22(2,3)4)11-17(13-18)26-20(29)15-23(5,6)7/h11-13H,10,14-15H2,1-9H3,(H,25,28)(H,26,29)(H,27,30). The molecule has 1 aromatic carbocycles. The lowest BCUT2D eigenvalue weighted by Crippen LogP contribution is -2.30. The van der Waals surface area contributed by atoms with Crippen molar-refractivity contribution in [3.8, 4) is 0 Å². The third-order valence-electron chi connectivity index (χ3n) is 4.64. The lowest BCUT2D eigenvalue weighted by Gasteiger charge is -2.23. The number of hydrogen-bond donors (Lipinski definition) is 3. The zero-order valence-corrected chi connectivity index (χ0v) is 20.1. The smallest absolute Gasteiger partial charge is 0.230 e. The number of nitrogens with one attached hydrogen (secondary N) is 3. The zero-order valence-electron chi connectivity index (χ0n) is 20.1. The Morgan fingerprint density at radius 1 is 0.667 bits per heavy atom. The first-order valence-electron chi connectivity index (χ1n) is 10.6. The molecule has 0 heterocycles. The van der Waals surface area contributed by atoms with Gasteiger partial charge in [0.25, 0.3) is 0 Å². The Hall–Kier alpha value is -2.37. The number of rotatable bonds is 7. The van der Waals surface area contributed by atoms with Gasteiger partial charge >= 0.3 is 0 Å². The number of carbonyl (C=O) groups is 3. The van der Waals surface area contributed by atoms with Crippen LogP contribution in [-0.2, 0) is 14.4 Å². The van der Waals surface area contributed by atoms with Crippen molar-refractivity contribution in [2.45, 2.75) is 81.6 Å². The molecule has 0 atom stereocenters. The van der Waals surface area contributed by atoms with Gasteiger partial charge in [0.1, 0.15) is 0 Å². The molecule has 0 spiro atoms. The van der Waals surface area contributed by atoms with E-state index >= 15 is 0 Å². The van der Waals surface area contributed by atoms with Gasteiger partial charge in [0.2, 0.25) is 17.7 Å². The van der Waals surface area contributed by atoms with Gasteiger partial charge in [-0.3, -0.25) is 14.4 Å². The van der Waals surface area contributed by atoms with Gasteiger partial charge in [0.15, 0.2) is 0 Å². The van der Waals surface area contributed by atoms with E-state index in [4.69, 9.17) is 0 Å². The highest BCUT2D eigenvalue weighted by atomic mass is 16.2. The summed E-state index contributed by atoms with van der Waals surface area (Å²) in [6.07, 6.45) is 1.41. The van der Waals surface area contributed by atoms with Gasteiger partial charge in [0, 0.05) is 35.3 Å². The summed E-state index contributed by atoms with van der Waals surface area (Å²) in [4.78, 5) is 37.4. The summed E-state index contributed by atoms with van der Waals surface area (Å²) in [5.41, 5.74) is 0.766. The Labute approximate surface area is 181 Å². The van der Waals surface area contributed by atoms with Crippen molar-refractivity contribution in [2.75, 3.05) is 16.0 Å². The maximum atomic E-state index is 12.6. The van der Waals surface area contributed by atoms with Crippen LogP contribution in [0.4, 0.5) is 17.1 Å². The fourth-order valence-electron chi connectivity index (χ4n) is 2.68. The molecule has 0 aliphatic carbocycles. The average molecular weight is 418 g/mol. The second kappa shape index (κ2) is 9.63. The second-order valence-corrected chi connectivity index (χ2v) is 11.1. The molecular formula is C24H39N3O3. The molecule has 1 aromatic rings. The van der Waals surface area contributed by atoms with Crippen molar-refractivity contribution >= 4 is 34.8 Å². The van der Waals surface area contributed by atoms with Crippen molar-refractivity contribution < 1.29 is 14.4 Å². The molecule has 0 saturated heterocycles. The topological polar surface area (TPSA) is 87.3 Å². The van der Waals surface area contributed by atoms with E-state index in [1.54, 1.807) is 18.2 Å². The van der Waals surface area contributed by atoms with Gasteiger partial charge in [-0.05, 0) is 35.4 Å². The predicted molar refractivity (Wildman–Crippen MR) is 125 cm³/mol. The van der Waals surface area contributed by atoms with E-state index in [1.807, 2.05) is 62.3 Å². The first-order valence-corrected chi connectivity index (χ1v) is 10.6. The van der Waals surface area contributed by atoms with Crippen LogP contribution in [0.15, 0.2) is 18.2 Å². The van der Waals surface area contributed by atoms with Gasteiger partial charge in [-0.15, -0.1) is 0 Å². The van der Waals surface area contributed by atoms with E-state index in [2.05, 4.69) is 16.0 Å². The highest BCUT2D eigenvalue weighted by Gasteiger charge is 2.26. The molecule has 0 saturated carbocycles. The molecule has 6 nitrogen and oxygen atoms in total. The fraction of sp³-hybridized carbons (Fsp3) is 0.625. The van der Waals surface area contributed by atoms with Crippen LogP contribution >= 0.6 is 0 Å². The second-order valence-electron chi connectivity index (χ2n) is 11.1. The SMILES string of the molecule is CCC(C)(C)C(=O)Nc1cc(NC(=O)CC(C)(C)C)cc(NC(=O)CC(C)(C)C)c1. The van der Waals surface area contributed by atoms with Crippen LogP contribution in [0.2, 0.25) is 0 Å². The molecule has 0 bridgehead atoms. The molecular weight excluding hydrogens is 378 g/mol. The molecule has 0 unspecified atom stereocenters. The van der Waals surface area contributed by atoms with E-state index in [1.165, 1.54) is 0 Å². The van der Waals surface area contributed by atoms with Gasteiger partial charge in [-0.2, -0.15) is 0 Å². The summed E-state index contributed by atoms with van der Waals surface area (Å²) < 4.78 is 0. The van der Waals surface area contributed by atoms with Crippen molar-refractivity contribution in [1.29, 1.82) is 0 Å². The third-order valence-corrected chi connectivity index (χ3v) is 4.64. The van der Waals surface area contributed by atoms with Crippen LogP contribution in [0.3, 0.4) is 0 Å². The Bertz CT molecular complexity index is 736. The Balaban J connectivity index is 3.15. The Kier molecular flexibility index (Phi) is 8.24. The highest BCUT2D eigenvalue weighted by molar-refractivity contribution is 5.99. The first-order chi connectivity index (χ1) is 13.5. The molecule has 0 radical (unpaired) electrons. The summed E-state index contributed by atoms with van der Waals surface area (Å²) in [6, 6.07) is 5.13. The van der Waals surface area contributed by atoms with Gasteiger partial charge < -0.3 is 16.0 Å². The molecule has 0 aliphatic heterocycles. The summed E-state index contributed by atoms with van der Waals surface area (Å²) in [6.45, 7) is 17.7. The lowest BCUT2D eigenvalue weighted by atomic mass is 9.89. The number of hydrogen-bond acceptors (Lipinski definition) is 3. The van der Waals surface area contributed by atoms with E-state index < -0.39 is 5.41 Å². The molecule has 1 rings (SSSR count). The largest absolute Gasteiger partial charge is 0.326 e. The van der Waals surface area contributed by atoms with Crippen LogP contribution in [0.25, 0.3) is 0 Å². The molecule has 168 valence electrons. The van der Waals surface area contributed by atoms with Crippen LogP contribution < -0.4 is 16.0 Å². The minimum Gasteiger partial charge on any atom is -0.326 e. The molecule has 3 amide bonds. The third kappa shape index (κ3) is 9.42. The van der Waals surface area contributed by atoms with Crippen LogP contribution in [0.5, 0.6) is 0 Å². The number of amides is 3. The van der Waals surface area contributed by atoms with Gasteiger partial charge in [-0.1, -0.05) is 62.3 Å². The van der Waals surface area contributed by atoms with Crippen LogP contribution in [0.1, 0.15) is 81.6 Å². The molecule has 0 fully saturated rings. The molecule has 0 aromatic heterocycles. The minimum absolute atomic E-state index is 0.116. The number of anilines is 3. The summed E-state index contributed by atoms with van der Waals surface area (Å²) in [5.74, 6) is -0.353. The quantitative estimate of drug-likeness (QED) is 0.523. The minimum atomic E-state index is -0.527. The lowest BCUT2D eigenvalue weighted by molar-refractivity contribution is -0.124. The number of carbonyl (C=O) groups excluding carboxylic acids is 3. The van der Waals surface area contributed by atoms with Crippen LogP contribution in [0, 0.1) is 16.2 Å². The Morgan fingerprint density at radius 3 is 1.30 bits per heavy atom. The normalized spacial score (nSPS) is 12.3. The van der Waals surface area contributed by atoms with Crippen molar-refractivity contribution in [1.82, 2.24) is 0 Å². The zero-order chi connectivity index (χ0) is 23.3. The maximum absolute atomic E-state index is 12.6. The van der Waals surface area contributed by atoms with Crippen molar-refractivity contribution in [3.05, 3.63) is 18.2 Å². The van der Waals surface area contributed by atoms with Gasteiger partial charge in [-0.25, -0.2) is 0 Å². The van der Waals surface area contributed by atoms with E-state index in [-0.39, 0.29) is 28.6 Å². The van der Waals surface area contributed by atoms with E-state index in [0.29, 0.717) is 36.3 Å².